The normalized spacial score (nSPS) is 16.4. The predicted molar refractivity (Wildman–Crippen MR) is 82.1 cm³/mol. The fraction of sp³-hybridized carbons (Fsp3) is 0.429. The lowest BCUT2D eigenvalue weighted by atomic mass is 10.0. The third-order valence-electron chi connectivity index (χ3n) is 3.22. The van der Waals surface area contributed by atoms with E-state index < -0.39 is 33.6 Å². The van der Waals surface area contributed by atoms with Gasteiger partial charge >= 0.3 is 11.9 Å². The van der Waals surface area contributed by atoms with Crippen molar-refractivity contribution in [1.29, 1.82) is 4.78 Å². The number of rotatable bonds is 9. The summed E-state index contributed by atoms with van der Waals surface area (Å²) in [6.45, 7) is 0. The van der Waals surface area contributed by atoms with Gasteiger partial charge in [-0.15, -0.1) is 0 Å². The summed E-state index contributed by atoms with van der Waals surface area (Å²) in [5.41, 5.74) is 6.10. The molecule has 7 nitrogen and oxygen atoms in total. The summed E-state index contributed by atoms with van der Waals surface area (Å²) in [7, 11) is -3.20. The van der Waals surface area contributed by atoms with Gasteiger partial charge in [0.05, 0.1) is 5.92 Å². The first-order valence-corrected chi connectivity index (χ1v) is 8.60. The van der Waals surface area contributed by atoms with Crippen molar-refractivity contribution in [2.75, 3.05) is 11.5 Å². The number of carboxylic acid groups (broad SMARTS) is 2. The van der Waals surface area contributed by atoms with Crippen molar-refractivity contribution in [2.45, 2.75) is 18.9 Å². The summed E-state index contributed by atoms with van der Waals surface area (Å²) in [6.07, 6.45) is 0.0619. The van der Waals surface area contributed by atoms with Crippen LogP contribution in [-0.4, -0.2) is 43.9 Å². The van der Waals surface area contributed by atoms with Gasteiger partial charge in [0.15, 0.2) is 0 Å². The molecule has 8 heteroatoms. The number of carbonyl (C=O) groups is 2. The smallest absolute Gasteiger partial charge is 0.320 e. The Labute approximate surface area is 129 Å². The molecule has 0 bridgehead atoms. The number of carboxylic acids is 2. The van der Waals surface area contributed by atoms with Crippen molar-refractivity contribution in [3.8, 4) is 0 Å². The Bertz CT molecular complexity index is 615. The summed E-state index contributed by atoms with van der Waals surface area (Å²) >= 11 is 0. The van der Waals surface area contributed by atoms with Gasteiger partial charge in [-0.25, -0.2) is 4.21 Å². The third-order valence-corrected chi connectivity index (χ3v) is 5.06. The van der Waals surface area contributed by atoms with Gasteiger partial charge < -0.3 is 15.9 Å². The third kappa shape index (κ3) is 6.23. The minimum atomic E-state index is -3.20. The Morgan fingerprint density at radius 2 is 1.77 bits per heavy atom. The minimum absolute atomic E-state index is 0.116. The fourth-order valence-corrected chi connectivity index (χ4v) is 3.68. The largest absolute Gasteiger partial charge is 0.481 e. The zero-order valence-electron chi connectivity index (χ0n) is 12.0. The van der Waals surface area contributed by atoms with E-state index in [4.69, 9.17) is 15.6 Å². The van der Waals surface area contributed by atoms with E-state index in [0.717, 1.165) is 5.56 Å². The van der Waals surface area contributed by atoms with Crippen LogP contribution in [0, 0.1) is 10.7 Å². The molecule has 0 heterocycles. The maximum absolute atomic E-state index is 12.2. The predicted octanol–water partition coefficient (Wildman–Crippen LogP) is 0.779. The van der Waals surface area contributed by atoms with Crippen molar-refractivity contribution in [1.82, 2.24) is 0 Å². The number of aliphatic carboxylic acids is 2. The monoisotopic (exact) mass is 328 g/mol. The molecule has 1 rings (SSSR count). The summed E-state index contributed by atoms with van der Waals surface area (Å²) in [6, 6.07) is 7.70. The average molecular weight is 328 g/mol. The van der Waals surface area contributed by atoms with Gasteiger partial charge in [-0.05, 0) is 18.4 Å². The van der Waals surface area contributed by atoms with Crippen LogP contribution in [0.3, 0.4) is 0 Å². The molecular formula is C14H20N2O5S. The van der Waals surface area contributed by atoms with Gasteiger partial charge in [-0.3, -0.25) is 14.4 Å². The summed E-state index contributed by atoms with van der Waals surface area (Å²) < 4.78 is 19.9. The van der Waals surface area contributed by atoms with Gasteiger partial charge in [0.25, 0.3) is 0 Å². The van der Waals surface area contributed by atoms with Gasteiger partial charge in [0, 0.05) is 21.2 Å². The van der Waals surface area contributed by atoms with E-state index >= 15 is 0 Å². The topological polar surface area (TPSA) is 142 Å². The molecule has 0 aliphatic heterocycles. The first kappa shape index (κ1) is 18.1. The van der Waals surface area contributed by atoms with Gasteiger partial charge in [0.1, 0.15) is 6.04 Å². The number of nitrogens with one attached hydrogen (secondary N) is 1. The Morgan fingerprint density at radius 1 is 1.18 bits per heavy atom. The number of hydrogen-bond donors (Lipinski definition) is 4. The Hall–Kier alpha value is -1.93. The standard InChI is InChI=1S/C14H20N2O5S/c15-12(14(19)20)6-7-22(16,21)9-11(13(17)18)8-10-4-2-1-3-5-10/h1-5,11-12,16H,6-9,15H2,(H,17,18)(H,19,20)/t11?,12-,22?/m0/s1. The first-order valence-electron chi connectivity index (χ1n) is 6.70. The number of benzene rings is 1. The molecule has 0 saturated heterocycles. The van der Waals surface area contributed by atoms with Crippen LogP contribution in [0.15, 0.2) is 30.3 Å². The Balaban J connectivity index is 2.69. The Kier molecular flexibility index (Phi) is 6.51. The van der Waals surface area contributed by atoms with Crippen molar-refractivity contribution in [3.63, 3.8) is 0 Å². The number of nitrogens with two attached hydrogens (primary N) is 1. The van der Waals surface area contributed by atoms with E-state index in [0.29, 0.717) is 0 Å². The van der Waals surface area contributed by atoms with Crippen molar-refractivity contribution in [3.05, 3.63) is 35.9 Å². The van der Waals surface area contributed by atoms with E-state index in [2.05, 4.69) is 0 Å². The van der Waals surface area contributed by atoms with Crippen LogP contribution in [0.5, 0.6) is 0 Å². The maximum atomic E-state index is 12.2. The van der Waals surface area contributed by atoms with Gasteiger partial charge in [0.2, 0.25) is 0 Å². The van der Waals surface area contributed by atoms with Crippen molar-refractivity contribution in [2.24, 2.45) is 11.7 Å². The van der Waals surface area contributed by atoms with Crippen LogP contribution in [0.4, 0.5) is 0 Å². The zero-order chi connectivity index (χ0) is 16.8. The highest BCUT2D eigenvalue weighted by atomic mass is 32.2. The molecule has 0 aliphatic rings. The minimum Gasteiger partial charge on any atom is -0.481 e. The molecule has 2 unspecified atom stereocenters. The van der Waals surface area contributed by atoms with Crippen molar-refractivity contribution < 1.29 is 24.0 Å². The average Bonchev–Trinajstić information content (AvgIpc) is 2.44. The molecule has 5 N–H and O–H groups in total. The van der Waals surface area contributed by atoms with Crippen LogP contribution < -0.4 is 5.73 Å². The molecule has 1 aromatic carbocycles. The molecule has 22 heavy (non-hydrogen) atoms. The molecule has 0 aliphatic carbocycles. The lowest BCUT2D eigenvalue weighted by molar-refractivity contribution is -0.141. The summed E-state index contributed by atoms with van der Waals surface area (Å²) in [5, 5.41) is 17.9. The van der Waals surface area contributed by atoms with Crippen molar-refractivity contribution >= 4 is 21.7 Å². The molecule has 1 aromatic rings. The second-order valence-corrected chi connectivity index (χ2v) is 7.51. The maximum Gasteiger partial charge on any atom is 0.320 e. The highest BCUT2D eigenvalue weighted by Crippen LogP contribution is 2.13. The Morgan fingerprint density at radius 3 is 2.27 bits per heavy atom. The highest BCUT2D eigenvalue weighted by molar-refractivity contribution is 7.92. The first-order chi connectivity index (χ1) is 10.2. The van der Waals surface area contributed by atoms with Gasteiger partial charge in [-0.1, -0.05) is 30.3 Å². The fourth-order valence-electron chi connectivity index (χ4n) is 1.97. The van der Waals surface area contributed by atoms with Crippen LogP contribution in [-0.2, 0) is 25.7 Å². The van der Waals surface area contributed by atoms with E-state index in [9.17, 15) is 18.9 Å². The molecule has 0 radical (unpaired) electrons. The molecular weight excluding hydrogens is 308 g/mol. The molecule has 0 aromatic heterocycles. The van der Waals surface area contributed by atoms with E-state index in [-0.39, 0.29) is 24.3 Å². The van der Waals surface area contributed by atoms with E-state index in [1.807, 2.05) is 0 Å². The zero-order valence-corrected chi connectivity index (χ0v) is 12.8. The number of hydrogen-bond acceptors (Lipinski definition) is 5. The molecule has 122 valence electrons. The van der Waals surface area contributed by atoms with E-state index in [1.54, 1.807) is 30.3 Å². The van der Waals surface area contributed by atoms with Crippen LogP contribution in [0.2, 0.25) is 0 Å². The van der Waals surface area contributed by atoms with Crippen LogP contribution in [0.25, 0.3) is 0 Å². The lowest BCUT2D eigenvalue weighted by Crippen LogP contribution is -2.33. The second-order valence-electron chi connectivity index (χ2n) is 5.14. The molecule has 0 saturated carbocycles. The van der Waals surface area contributed by atoms with Gasteiger partial charge in [-0.2, -0.15) is 0 Å². The van der Waals surface area contributed by atoms with Crippen LogP contribution >= 0.6 is 0 Å². The molecule has 0 fully saturated rings. The molecule has 0 spiro atoms. The summed E-state index contributed by atoms with van der Waals surface area (Å²) in [5.74, 6) is -3.84. The second kappa shape index (κ2) is 7.90. The molecule has 3 atom stereocenters. The molecule has 0 amide bonds. The highest BCUT2D eigenvalue weighted by Gasteiger charge is 2.24. The summed E-state index contributed by atoms with van der Waals surface area (Å²) in [4.78, 5) is 21.9. The SMILES string of the molecule is N=S(=O)(CC[C@H](N)C(=O)O)CC(Cc1ccccc1)C(=O)O. The van der Waals surface area contributed by atoms with Crippen LogP contribution in [0.1, 0.15) is 12.0 Å². The quantitative estimate of drug-likeness (QED) is 0.527. The van der Waals surface area contributed by atoms with E-state index in [1.165, 1.54) is 0 Å². The lowest BCUT2D eigenvalue weighted by Gasteiger charge is -2.15.